The molecule has 2 aromatic rings. The minimum absolute atomic E-state index is 0.0169. The van der Waals surface area contributed by atoms with Crippen LogP contribution in [0, 0.1) is 26.7 Å². The van der Waals surface area contributed by atoms with E-state index >= 15 is 0 Å². The van der Waals surface area contributed by atoms with E-state index in [1.165, 1.54) is 0 Å². The number of piperidine rings is 1. The van der Waals surface area contributed by atoms with Gasteiger partial charge in [0.1, 0.15) is 11.5 Å². The van der Waals surface area contributed by atoms with Crippen molar-refractivity contribution in [2.24, 2.45) is 13.0 Å². The summed E-state index contributed by atoms with van der Waals surface area (Å²) in [6.45, 7) is 7.15. The molecule has 5 heterocycles. The van der Waals surface area contributed by atoms with Gasteiger partial charge in [-0.15, -0.1) is 0 Å². The molecular formula is C19H25N5O3. The average molecular weight is 371 g/mol. The number of rotatable bonds is 3. The van der Waals surface area contributed by atoms with Crippen molar-refractivity contribution in [3.05, 3.63) is 34.5 Å². The van der Waals surface area contributed by atoms with Gasteiger partial charge < -0.3 is 14.3 Å². The molecule has 0 spiro atoms. The Hall–Kier alpha value is -2.64. The summed E-state index contributed by atoms with van der Waals surface area (Å²) in [5, 5.41) is 8.28. The molecular weight excluding hydrogens is 346 g/mol. The Kier molecular flexibility index (Phi) is 4.28. The van der Waals surface area contributed by atoms with Gasteiger partial charge in [0.15, 0.2) is 0 Å². The summed E-state index contributed by atoms with van der Waals surface area (Å²) in [6, 6.07) is 1.82. The Balaban J connectivity index is 1.59. The lowest BCUT2D eigenvalue weighted by Gasteiger charge is -2.35. The number of carbonyl (C=O) groups is 2. The summed E-state index contributed by atoms with van der Waals surface area (Å²) in [4.78, 5) is 29.8. The van der Waals surface area contributed by atoms with Crippen LogP contribution in [-0.2, 0) is 18.4 Å². The Morgan fingerprint density at radius 2 is 2.04 bits per heavy atom. The SMILES string of the molecule is Cc1cc(C(=O)N2C[C@H]3CC[C@@H](C2)N(Cc2c(C)noc2C)C3=O)n(C)n1. The number of amides is 2. The topological polar surface area (TPSA) is 84.5 Å². The van der Waals surface area contributed by atoms with E-state index in [1.54, 1.807) is 17.8 Å². The summed E-state index contributed by atoms with van der Waals surface area (Å²) in [7, 11) is 1.78. The molecule has 3 aliphatic rings. The molecule has 0 unspecified atom stereocenters. The smallest absolute Gasteiger partial charge is 0.272 e. The van der Waals surface area contributed by atoms with Crippen molar-refractivity contribution in [3.8, 4) is 0 Å². The summed E-state index contributed by atoms with van der Waals surface area (Å²) in [5.74, 6) is 0.672. The molecule has 2 aromatic heterocycles. The highest BCUT2D eigenvalue weighted by Gasteiger charge is 2.42. The van der Waals surface area contributed by atoms with Gasteiger partial charge in [0, 0.05) is 31.7 Å². The molecule has 0 saturated carbocycles. The monoisotopic (exact) mass is 371 g/mol. The molecule has 5 rings (SSSR count). The third-order valence-electron chi connectivity index (χ3n) is 5.81. The fourth-order valence-corrected chi connectivity index (χ4v) is 4.29. The molecule has 3 aliphatic heterocycles. The molecule has 8 heteroatoms. The van der Waals surface area contributed by atoms with Crippen molar-refractivity contribution in [2.75, 3.05) is 13.1 Å². The summed E-state index contributed by atoms with van der Waals surface area (Å²) >= 11 is 0. The zero-order valence-corrected chi connectivity index (χ0v) is 16.2. The standard InChI is InChI=1S/C19H25N5O3/c1-11-7-17(22(4)20-11)19(26)23-8-14-5-6-15(9-23)24(18(14)25)10-16-12(2)21-27-13(16)3/h7,14-15H,5-6,8-10H2,1-4H3/t14-,15+/m1/s1. The van der Waals surface area contributed by atoms with E-state index in [9.17, 15) is 9.59 Å². The molecule has 2 atom stereocenters. The fourth-order valence-electron chi connectivity index (χ4n) is 4.29. The number of fused-ring (bicyclic) bond motifs is 4. The largest absolute Gasteiger partial charge is 0.361 e. The van der Waals surface area contributed by atoms with Crippen LogP contribution in [0.4, 0.5) is 0 Å². The molecule has 3 saturated heterocycles. The van der Waals surface area contributed by atoms with Crippen molar-refractivity contribution in [3.63, 3.8) is 0 Å². The van der Waals surface area contributed by atoms with Crippen molar-refractivity contribution in [2.45, 2.75) is 46.2 Å². The zero-order chi connectivity index (χ0) is 19.3. The Morgan fingerprint density at radius 1 is 1.26 bits per heavy atom. The van der Waals surface area contributed by atoms with Crippen molar-refractivity contribution >= 4 is 11.8 Å². The van der Waals surface area contributed by atoms with Crippen molar-refractivity contribution < 1.29 is 14.1 Å². The minimum atomic E-state index is -0.150. The molecule has 2 bridgehead atoms. The summed E-state index contributed by atoms with van der Waals surface area (Å²) in [6.07, 6.45) is 1.74. The molecule has 0 aromatic carbocycles. The molecule has 3 fully saturated rings. The van der Waals surface area contributed by atoms with Gasteiger partial charge in [-0.25, -0.2) is 0 Å². The van der Waals surface area contributed by atoms with Crippen LogP contribution >= 0.6 is 0 Å². The van der Waals surface area contributed by atoms with Gasteiger partial charge in [-0.1, -0.05) is 5.16 Å². The van der Waals surface area contributed by atoms with Crippen LogP contribution in [0.5, 0.6) is 0 Å². The zero-order valence-electron chi connectivity index (χ0n) is 16.2. The molecule has 2 amide bonds. The Labute approximate surface area is 158 Å². The van der Waals surface area contributed by atoms with E-state index in [0.29, 0.717) is 25.3 Å². The third-order valence-corrected chi connectivity index (χ3v) is 5.81. The molecule has 144 valence electrons. The maximum atomic E-state index is 13.1. The van der Waals surface area contributed by atoms with Gasteiger partial charge in [0.25, 0.3) is 5.91 Å². The second-order valence-corrected chi connectivity index (χ2v) is 7.70. The quantitative estimate of drug-likeness (QED) is 0.818. The van der Waals surface area contributed by atoms with Gasteiger partial charge in [-0.05, 0) is 39.7 Å². The maximum absolute atomic E-state index is 13.1. The van der Waals surface area contributed by atoms with E-state index in [4.69, 9.17) is 4.52 Å². The van der Waals surface area contributed by atoms with Crippen LogP contribution in [0.1, 0.15) is 46.0 Å². The van der Waals surface area contributed by atoms with Crippen LogP contribution < -0.4 is 0 Å². The van der Waals surface area contributed by atoms with Crippen LogP contribution in [0.3, 0.4) is 0 Å². The van der Waals surface area contributed by atoms with Crippen molar-refractivity contribution in [1.29, 1.82) is 0 Å². The molecule has 8 nitrogen and oxygen atoms in total. The van der Waals surface area contributed by atoms with Crippen molar-refractivity contribution in [1.82, 2.24) is 24.7 Å². The molecule has 0 radical (unpaired) electrons. The first-order chi connectivity index (χ1) is 12.8. The lowest BCUT2D eigenvalue weighted by Crippen LogP contribution is -2.47. The van der Waals surface area contributed by atoms with E-state index in [2.05, 4.69) is 10.3 Å². The van der Waals surface area contributed by atoms with Gasteiger partial charge in [-0.3, -0.25) is 14.3 Å². The molecule has 0 aliphatic carbocycles. The number of aryl methyl sites for hydroxylation is 4. The Morgan fingerprint density at radius 3 is 2.67 bits per heavy atom. The van der Waals surface area contributed by atoms with E-state index < -0.39 is 0 Å². The highest BCUT2D eigenvalue weighted by Crippen LogP contribution is 2.32. The molecule has 0 N–H and O–H groups in total. The molecule has 27 heavy (non-hydrogen) atoms. The highest BCUT2D eigenvalue weighted by atomic mass is 16.5. The third kappa shape index (κ3) is 3.02. The second kappa shape index (κ2) is 6.51. The predicted octanol–water partition coefficient (Wildman–Crippen LogP) is 1.60. The van der Waals surface area contributed by atoms with Crippen LogP contribution in [-0.4, -0.2) is 55.7 Å². The first kappa shape index (κ1) is 17.8. The highest BCUT2D eigenvalue weighted by molar-refractivity contribution is 5.93. The minimum Gasteiger partial charge on any atom is -0.361 e. The first-order valence-electron chi connectivity index (χ1n) is 9.37. The van der Waals surface area contributed by atoms with Gasteiger partial charge in [0.2, 0.25) is 5.91 Å². The van der Waals surface area contributed by atoms with Gasteiger partial charge in [0.05, 0.1) is 23.9 Å². The van der Waals surface area contributed by atoms with Crippen LogP contribution in [0.25, 0.3) is 0 Å². The van der Waals surface area contributed by atoms with E-state index in [-0.39, 0.29) is 23.8 Å². The fraction of sp³-hybridized carbons (Fsp3) is 0.579. The van der Waals surface area contributed by atoms with Crippen LogP contribution in [0.2, 0.25) is 0 Å². The summed E-state index contributed by atoms with van der Waals surface area (Å²) in [5.41, 5.74) is 3.17. The van der Waals surface area contributed by atoms with Gasteiger partial charge in [-0.2, -0.15) is 5.10 Å². The first-order valence-corrected chi connectivity index (χ1v) is 9.37. The predicted molar refractivity (Wildman–Crippen MR) is 96.9 cm³/mol. The average Bonchev–Trinajstić information content (AvgIpc) is 2.99. The lowest BCUT2D eigenvalue weighted by atomic mass is 9.93. The summed E-state index contributed by atoms with van der Waals surface area (Å²) < 4.78 is 6.87. The lowest BCUT2D eigenvalue weighted by molar-refractivity contribution is -0.140. The Bertz CT molecular complexity index is 880. The number of nitrogens with zero attached hydrogens (tertiary/aromatic N) is 5. The number of aromatic nitrogens is 3. The van der Waals surface area contributed by atoms with E-state index in [0.717, 1.165) is 35.6 Å². The maximum Gasteiger partial charge on any atom is 0.272 e. The number of hydrogen-bond acceptors (Lipinski definition) is 5. The number of hydrogen-bond donors (Lipinski definition) is 0. The van der Waals surface area contributed by atoms with Gasteiger partial charge >= 0.3 is 0 Å². The normalized spacial score (nSPS) is 22.4. The second-order valence-electron chi connectivity index (χ2n) is 7.70. The number of carbonyl (C=O) groups excluding carboxylic acids is 2. The van der Waals surface area contributed by atoms with Crippen LogP contribution in [0.15, 0.2) is 10.6 Å². The van der Waals surface area contributed by atoms with E-state index in [1.807, 2.05) is 30.6 Å².